The van der Waals surface area contributed by atoms with Crippen LogP contribution < -0.4 is 5.73 Å². The Morgan fingerprint density at radius 2 is 2.19 bits per heavy atom. The molecule has 0 saturated heterocycles. The van der Waals surface area contributed by atoms with E-state index in [-0.39, 0.29) is 11.9 Å². The number of nitrogens with two attached hydrogens (primary N) is 1. The fraction of sp³-hybridized carbons (Fsp3) is 0.375. The van der Waals surface area contributed by atoms with Crippen molar-refractivity contribution in [1.29, 1.82) is 0 Å². The van der Waals surface area contributed by atoms with Crippen LogP contribution in [0.25, 0.3) is 10.2 Å². The highest BCUT2D eigenvalue weighted by Crippen LogP contribution is 2.35. The Kier molecular flexibility index (Phi) is 4.32. The van der Waals surface area contributed by atoms with Crippen molar-refractivity contribution in [1.82, 2.24) is 9.88 Å². The molecule has 0 bridgehead atoms. The van der Waals surface area contributed by atoms with Crippen LogP contribution in [0.1, 0.15) is 34.8 Å². The molecule has 5 heteroatoms. The molecular weight excluding hydrogens is 282 g/mol. The normalized spacial score (nSPS) is 11.1. The van der Waals surface area contributed by atoms with Gasteiger partial charge < -0.3 is 10.6 Å². The lowest BCUT2D eigenvalue weighted by atomic mass is 10.1. The van der Waals surface area contributed by atoms with Crippen molar-refractivity contribution in [3.63, 3.8) is 0 Å². The van der Waals surface area contributed by atoms with Crippen LogP contribution in [0.15, 0.2) is 18.7 Å². The van der Waals surface area contributed by atoms with Gasteiger partial charge in [0.15, 0.2) is 0 Å². The SMILES string of the molecule is C=CCN(C(=O)c1sc2nc(C)cc(C)c2c1N)C(C)C. The molecule has 4 nitrogen and oxygen atoms in total. The van der Waals surface area contributed by atoms with Crippen LogP contribution in [0.5, 0.6) is 0 Å². The van der Waals surface area contributed by atoms with Crippen molar-refractivity contribution < 1.29 is 4.79 Å². The van der Waals surface area contributed by atoms with Gasteiger partial charge in [0.2, 0.25) is 0 Å². The predicted molar refractivity (Wildman–Crippen MR) is 89.9 cm³/mol. The summed E-state index contributed by atoms with van der Waals surface area (Å²) in [5.41, 5.74) is 8.76. The minimum Gasteiger partial charge on any atom is -0.397 e. The van der Waals surface area contributed by atoms with Gasteiger partial charge in [0.1, 0.15) is 9.71 Å². The number of nitrogens with zero attached hydrogens (tertiary/aromatic N) is 2. The first-order valence-electron chi connectivity index (χ1n) is 6.94. The van der Waals surface area contributed by atoms with E-state index >= 15 is 0 Å². The third kappa shape index (κ3) is 2.78. The summed E-state index contributed by atoms with van der Waals surface area (Å²) < 4.78 is 0. The molecule has 0 fully saturated rings. The zero-order valence-corrected chi connectivity index (χ0v) is 13.8. The van der Waals surface area contributed by atoms with Gasteiger partial charge >= 0.3 is 0 Å². The number of thiophene rings is 1. The zero-order valence-electron chi connectivity index (χ0n) is 12.9. The first-order chi connectivity index (χ1) is 9.86. The maximum absolute atomic E-state index is 12.7. The van der Waals surface area contributed by atoms with E-state index in [0.29, 0.717) is 17.1 Å². The Labute approximate surface area is 129 Å². The Bertz CT molecular complexity index is 703. The van der Waals surface area contributed by atoms with Gasteiger partial charge in [0.05, 0.1) is 5.69 Å². The van der Waals surface area contributed by atoms with Gasteiger partial charge in [-0.1, -0.05) is 6.08 Å². The third-order valence-electron chi connectivity index (χ3n) is 3.43. The number of amides is 1. The Morgan fingerprint density at radius 1 is 1.52 bits per heavy atom. The molecule has 2 rings (SSSR count). The summed E-state index contributed by atoms with van der Waals surface area (Å²) >= 11 is 1.37. The molecule has 0 aliphatic carbocycles. The van der Waals surface area contributed by atoms with Crippen LogP contribution >= 0.6 is 11.3 Å². The standard InChI is InChI=1S/C16H21N3OS/c1-6-7-19(9(2)3)16(20)14-13(17)12-10(4)8-11(5)18-15(12)21-14/h6,8-9H,1,7,17H2,2-5H3. The lowest BCUT2D eigenvalue weighted by Crippen LogP contribution is -2.36. The van der Waals surface area contributed by atoms with Crippen LogP contribution in [0.4, 0.5) is 5.69 Å². The fourth-order valence-electron chi connectivity index (χ4n) is 2.43. The second kappa shape index (κ2) is 5.85. The molecule has 1 amide bonds. The topological polar surface area (TPSA) is 59.2 Å². The Balaban J connectivity index is 2.56. The summed E-state index contributed by atoms with van der Waals surface area (Å²) in [7, 11) is 0. The average Bonchev–Trinajstić information content (AvgIpc) is 2.72. The molecule has 0 aliphatic heterocycles. The van der Waals surface area contributed by atoms with Crippen LogP contribution in [-0.2, 0) is 0 Å². The minimum absolute atomic E-state index is 0.0533. The second-order valence-corrected chi connectivity index (χ2v) is 6.44. The molecule has 0 spiro atoms. The lowest BCUT2D eigenvalue weighted by Gasteiger charge is -2.24. The van der Waals surface area contributed by atoms with E-state index in [1.807, 2.05) is 33.8 Å². The van der Waals surface area contributed by atoms with Gasteiger partial charge in [0.25, 0.3) is 5.91 Å². The smallest absolute Gasteiger partial charge is 0.266 e. The maximum Gasteiger partial charge on any atom is 0.266 e. The second-order valence-electron chi connectivity index (χ2n) is 5.45. The molecule has 2 heterocycles. The van der Waals surface area contributed by atoms with Crippen molar-refractivity contribution >= 4 is 33.1 Å². The van der Waals surface area contributed by atoms with Gasteiger partial charge in [-0.25, -0.2) is 4.98 Å². The largest absolute Gasteiger partial charge is 0.397 e. The summed E-state index contributed by atoms with van der Waals surface area (Å²) in [6.45, 7) is 12.1. The average molecular weight is 303 g/mol. The Morgan fingerprint density at radius 3 is 2.76 bits per heavy atom. The number of anilines is 1. The van der Waals surface area contributed by atoms with E-state index in [2.05, 4.69) is 11.6 Å². The summed E-state index contributed by atoms with van der Waals surface area (Å²) in [5, 5.41) is 0.899. The molecule has 0 aromatic carbocycles. The minimum atomic E-state index is -0.0533. The quantitative estimate of drug-likeness (QED) is 0.879. The van der Waals surface area contributed by atoms with Crippen LogP contribution in [0.3, 0.4) is 0 Å². The van der Waals surface area contributed by atoms with E-state index in [1.165, 1.54) is 11.3 Å². The highest BCUT2D eigenvalue weighted by atomic mass is 32.1. The van der Waals surface area contributed by atoms with Gasteiger partial charge in [-0.05, 0) is 39.3 Å². The van der Waals surface area contributed by atoms with Gasteiger partial charge in [0, 0.05) is 23.7 Å². The summed E-state index contributed by atoms with van der Waals surface area (Å²) in [4.78, 5) is 20.4. The molecule has 2 aromatic heterocycles. The molecule has 0 unspecified atom stereocenters. The van der Waals surface area contributed by atoms with E-state index in [1.54, 1.807) is 11.0 Å². The number of hydrogen-bond acceptors (Lipinski definition) is 4. The first-order valence-corrected chi connectivity index (χ1v) is 7.76. The molecule has 112 valence electrons. The van der Waals surface area contributed by atoms with E-state index < -0.39 is 0 Å². The monoisotopic (exact) mass is 303 g/mol. The molecule has 2 N–H and O–H groups in total. The van der Waals surface area contributed by atoms with Crippen molar-refractivity contribution in [3.8, 4) is 0 Å². The summed E-state index contributed by atoms with van der Waals surface area (Å²) in [6.07, 6.45) is 1.73. The third-order valence-corrected chi connectivity index (χ3v) is 4.52. The van der Waals surface area contributed by atoms with Crippen LogP contribution in [0.2, 0.25) is 0 Å². The van der Waals surface area contributed by atoms with Crippen molar-refractivity contribution in [2.45, 2.75) is 33.7 Å². The number of nitrogen functional groups attached to an aromatic ring is 1. The first kappa shape index (κ1) is 15.5. The maximum atomic E-state index is 12.7. The molecule has 0 saturated carbocycles. The highest BCUT2D eigenvalue weighted by Gasteiger charge is 2.24. The van der Waals surface area contributed by atoms with E-state index in [4.69, 9.17) is 5.73 Å². The number of carbonyl (C=O) groups is 1. The lowest BCUT2D eigenvalue weighted by molar-refractivity contribution is 0.0735. The van der Waals surface area contributed by atoms with Crippen LogP contribution in [-0.4, -0.2) is 28.4 Å². The van der Waals surface area contributed by atoms with Crippen LogP contribution in [0, 0.1) is 13.8 Å². The van der Waals surface area contributed by atoms with E-state index in [0.717, 1.165) is 21.5 Å². The summed E-state index contributed by atoms with van der Waals surface area (Å²) in [5.74, 6) is -0.0533. The van der Waals surface area contributed by atoms with Crippen molar-refractivity contribution in [2.75, 3.05) is 12.3 Å². The Hall–Kier alpha value is -1.88. The molecule has 21 heavy (non-hydrogen) atoms. The van der Waals surface area contributed by atoms with Gasteiger partial charge in [-0.3, -0.25) is 4.79 Å². The molecular formula is C16H21N3OS. The fourth-order valence-corrected chi connectivity index (χ4v) is 3.60. The molecule has 0 aliphatic rings. The number of pyridine rings is 1. The predicted octanol–water partition coefficient (Wildman–Crippen LogP) is 3.53. The zero-order chi connectivity index (χ0) is 15.7. The molecule has 0 radical (unpaired) electrons. The molecule has 2 aromatic rings. The number of carbonyl (C=O) groups excluding carboxylic acids is 1. The van der Waals surface area contributed by atoms with Gasteiger partial charge in [-0.2, -0.15) is 0 Å². The molecule has 0 atom stereocenters. The van der Waals surface area contributed by atoms with Gasteiger partial charge in [-0.15, -0.1) is 17.9 Å². The number of aryl methyl sites for hydroxylation is 2. The number of hydrogen-bond donors (Lipinski definition) is 1. The number of aromatic nitrogens is 1. The van der Waals surface area contributed by atoms with Crippen molar-refractivity contribution in [3.05, 3.63) is 34.9 Å². The number of fused-ring (bicyclic) bond motifs is 1. The highest BCUT2D eigenvalue weighted by molar-refractivity contribution is 7.21. The number of rotatable bonds is 4. The van der Waals surface area contributed by atoms with E-state index in [9.17, 15) is 4.79 Å². The van der Waals surface area contributed by atoms with Crippen molar-refractivity contribution in [2.24, 2.45) is 0 Å². The summed E-state index contributed by atoms with van der Waals surface area (Å²) in [6, 6.07) is 2.08.